The van der Waals surface area contributed by atoms with Crippen LogP contribution in [0.15, 0.2) is 54.7 Å². The van der Waals surface area contributed by atoms with E-state index in [2.05, 4.69) is 9.97 Å². The Labute approximate surface area is 109 Å². The molecule has 0 bridgehead atoms. The Balaban J connectivity index is 2.09. The number of hydrogen-bond donors (Lipinski definition) is 0. The summed E-state index contributed by atoms with van der Waals surface area (Å²) in [5, 5.41) is 1.11. The summed E-state index contributed by atoms with van der Waals surface area (Å²) in [5.41, 5.74) is 0.710. The van der Waals surface area contributed by atoms with Crippen LogP contribution in [0.1, 0.15) is 0 Å². The number of nitrogens with zero attached hydrogens (tertiary/aromatic N) is 2. The first-order valence-corrected chi connectivity index (χ1v) is 5.85. The summed E-state index contributed by atoms with van der Waals surface area (Å²) in [7, 11) is 0. The van der Waals surface area contributed by atoms with Gasteiger partial charge in [-0.1, -0.05) is 30.3 Å². The van der Waals surface area contributed by atoms with Crippen LogP contribution in [0.5, 0.6) is 11.5 Å². The highest BCUT2D eigenvalue weighted by Gasteiger charge is 2.05. The van der Waals surface area contributed by atoms with Crippen LogP contribution in [0, 0.1) is 0 Å². The predicted molar refractivity (Wildman–Crippen MR) is 71.1 cm³/mol. The van der Waals surface area contributed by atoms with Gasteiger partial charge in [-0.25, -0.2) is 9.97 Å². The Kier molecular flexibility index (Phi) is 2.82. The Morgan fingerprint density at radius 1 is 0.944 bits per heavy atom. The van der Waals surface area contributed by atoms with E-state index in [4.69, 9.17) is 16.3 Å². The van der Waals surface area contributed by atoms with Crippen molar-refractivity contribution in [3.05, 3.63) is 60.0 Å². The van der Waals surface area contributed by atoms with Crippen molar-refractivity contribution in [2.24, 2.45) is 0 Å². The number of para-hydroxylation sites is 2. The van der Waals surface area contributed by atoms with Gasteiger partial charge in [-0.2, -0.15) is 0 Å². The van der Waals surface area contributed by atoms with Crippen LogP contribution in [0.2, 0.25) is 5.28 Å². The van der Waals surface area contributed by atoms with Crippen molar-refractivity contribution in [1.82, 2.24) is 9.97 Å². The molecule has 1 aromatic heterocycles. The van der Waals surface area contributed by atoms with Gasteiger partial charge in [-0.3, -0.25) is 0 Å². The average Bonchev–Trinajstić information content (AvgIpc) is 2.41. The maximum absolute atomic E-state index is 5.82. The third-order valence-electron chi connectivity index (χ3n) is 2.52. The summed E-state index contributed by atoms with van der Waals surface area (Å²) < 4.78 is 5.80. The molecule has 3 rings (SSSR count). The van der Waals surface area contributed by atoms with E-state index in [9.17, 15) is 0 Å². The zero-order valence-electron chi connectivity index (χ0n) is 9.38. The summed E-state index contributed by atoms with van der Waals surface area (Å²) in [6.07, 6.45) is 1.68. The fourth-order valence-corrected chi connectivity index (χ4v) is 1.84. The Hall–Kier alpha value is -2.13. The Morgan fingerprint density at radius 2 is 1.78 bits per heavy atom. The van der Waals surface area contributed by atoms with E-state index in [0.29, 0.717) is 11.3 Å². The zero-order chi connectivity index (χ0) is 12.4. The number of benzene rings is 2. The van der Waals surface area contributed by atoms with E-state index in [1.165, 1.54) is 0 Å². The van der Waals surface area contributed by atoms with Crippen molar-refractivity contribution in [1.29, 1.82) is 0 Å². The average molecular weight is 257 g/mol. The number of ether oxygens (including phenoxy) is 1. The van der Waals surface area contributed by atoms with Crippen LogP contribution in [0.25, 0.3) is 10.9 Å². The normalized spacial score (nSPS) is 10.5. The van der Waals surface area contributed by atoms with Crippen LogP contribution in [-0.4, -0.2) is 9.97 Å². The molecular weight excluding hydrogens is 248 g/mol. The second-order valence-corrected chi connectivity index (χ2v) is 4.09. The van der Waals surface area contributed by atoms with Crippen molar-refractivity contribution in [3.8, 4) is 11.5 Å². The molecule has 0 radical (unpaired) electrons. The van der Waals surface area contributed by atoms with E-state index in [1.807, 2.05) is 48.5 Å². The molecule has 0 fully saturated rings. The van der Waals surface area contributed by atoms with Gasteiger partial charge in [0.1, 0.15) is 11.3 Å². The standard InChI is InChI=1S/C14H9ClN2O/c15-14-16-9-10-5-4-8-12(13(10)17-14)18-11-6-2-1-3-7-11/h1-9H. The van der Waals surface area contributed by atoms with E-state index >= 15 is 0 Å². The first kappa shape index (κ1) is 11.0. The fourth-order valence-electron chi connectivity index (χ4n) is 1.70. The summed E-state index contributed by atoms with van der Waals surface area (Å²) in [5.74, 6) is 1.43. The third-order valence-corrected chi connectivity index (χ3v) is 2.70. The number of aromatic nitrogens is 2. The highest BCUT2D eigenvalue weighted by atomic mass is 35.5. The molecule has 88 valence electrons. The Morgan fingerprint density at radius 3 is 2.61 bits per heavy atom. The van der Waals surface area contributed by atoms with Crippen molar-refractivity contribution in [2.75, 3.05) is 0 Å². The lowest BCUT2D eigenvalue weighted by atomic mass is 10.2. The van der Waals surface area contributed by atoms with Gasteiger partial charge in [0.05, 0.1) is 0 Å². The minimum Gasteiger partial charge on any atom is -0.455 e. The minimum absolute atomic E-state index is 0.214. The van der Waals surface area contributed by atoms with Crippen molar-refractivity contribution < 1.29 is 4.74 Å². The molecule has 0 aliphatic carbocycles. The number of rotatable bonds is 2. The molecule has 3 nitrogen and oxygen atoms in total. The maximum Gasteiger partial charge on any atom is 0.223 e. The molecule has 4 heteroatoms. The number of fused-ring (bicyclic) bond motifs is 1. The lowest BCUT2D eigenvalue weighted by molar-refractivity contribution is 0.487. The molecule has 0 N–H and O–H groups in total. The van der Waals surface area contributed by atoms with Gasteiger partial charge < -0.3 is 4.74 Å². The summed E-state index contributed by atoms with van der Waals surface area (Å²) >= 11 is 5.82. The quantitative estimate of drug-likeness (QED) is 0.648. The third kappa shape index (κ3) is 2.13. The van der Waals surface area contributed by atoms with Crippen LogP contribution >= 0.6 is 11.6 Å². The van der Waals surface area contributed by atoms with E-state index < -0.39 is 0 Å². The lowest BCUT2D eigenvalue weighted by Crippen LogP contribution is -1.89. The first-order valence-electron chi connectivity index (χ1n) is 5.47. The molecular formula is C14H9ClN2O. The van der Waals surface area contributed by atoms with Gasteiger partial charge in [-0.05, 0) is 29.8 Å². The molecule has 0 aliphatic rings. The van der Waals surface area contributed by atoms with Crippen LogP contribution < -0.4 is 4.74 Å². The number of halogens is 1. The minimum atomic E-state index is 0.214. The number of hydrogen-bond acceptors (Lipinski definition) is 3. The smallest absolute Gasteiger partial charge is 0.223 e. The molecule has 3 aromatic rings. The molecule has 0 amide bonds. The molecule has 0 saturated carbocycles. The van der Waals surface area contributed by atoms with E-state index in [0.717, 1.165) is 11.1 Å². The second-order valence-electron chi connectivity index (χ2n) is 3.75. The molecule has 0 saturated heterocycles. The SMILES string of the molecule is Clc1ncc2cccc(Oc3ccccc3)c2n1. The molecule has 18 heavy (non-hydrogen) atoms. The molecule has 0 atom stereocenters. The van der Waals surface area contributed by atoms with Gasteiger partial charge in [0.2, 0.25) is 5.28 Å². The monoisotopic (exact) mass is 256 g/mol. The highest BCUT2D eigenvalue weighted by molar-refractivity contribution is 6.28. The second kappa shape index (κ2) is 4.63. The fraction of sp³-hybridized carbons (Fsp3) is 0. The van der Waals surface area contributed by atoms with E-state index in [1.54, 1.807) is 6.20 Å². The summed E-state index contributed by atoms with van der Waals surface area (Å²) in [6.45, 7) is 0. The van der Waals surface area contributed by atoms with Crippen molar-refractivity contribution in [2.45, 2.75) is 0 Å². The lowest BCUT2D eigenvalue weighted by Gasteiger charge is -2.07. The highest BCUT2D eigenvalue weighted by Crippen LogP contribution is 2.28. The van der Waals surface area contributed by atoms with Crippen molar-refractivity contribution in [3.63, 3.8) is 0 Å². The van der Waals surface area contributed by atoms with Crippen molar-refractivity contribution >= 4 is 22.5 Å². The predicted octanol–water partition coefficient (Wildman–Crippen LogP) is 4.08. The van der Waals surface area contributed by atoms with Gasteiger partial charge in [0.25, 0.3) is 0 Å². The van der Waals surface area contributed by atoms with Crippen LogP contribution in [0.3, 0.4) is 0 Å². The summed E-state index contributed by atoms with van der Waals surface area (Å²) in [4.78, 5) is 8.16. The van der Waals surface area contributed by atoms with Gasteiger partial charge in [-0.15, -0.1) is 0 Å². The van der Waals surface area contributed by atoms with Gasteiger partial charge >= 0.3 is 0 Å². The zero-order valence-corrected chi connectivity index (χ0v) is 10.1. The van der Waals surface area contributed by atoms with Gasteiger partial charge in [0, 0.05) is 11.6 Å². The van der Waals surface area contributed by atoms with Crippen LogP contribution in [0.4, 0.5) is 0 Å². The molecule has 0 unspecified atom stereocenters. The van der Waals surface area contributed by atoms with Crippen LogP contribution in [-0.2, 0) is 0 Å². The maximum atomic E-state index is 5.82. The summed E-state index contributed by atoms with van der Waals surface area (Å²) in [6, 6.07) is 15.2. The molecule has 0 aliphatic heterocycles. The van der Waals surface area contributed by atoms with Gasteiger partial charge in [0.15, 0.2) is 5.75 Å². The molecule has 0 spiro atoms. The first-order chi connectivity index (χ1) is 8.83. The van der Waals surface area contributed by atoms with E-state index in [-0.39, 0.29) is 5.28 Å². The Bertz CT molecular complexity index is 686. The molecule has 2 aromatic carbocycles. The largest absolute Gasteiger partial charge is 0.455 e. The molecule has 1 heterocycles. The topological polar surface area (TPSA) is 35.0 Å².